The molecule has 0 atom stereocenters. The van der Waals surface area contributed by atoms with Gasteiger partial charge in [-0.3, -0.25) is 9.59 Å². The van der Waals surface area contributed by atoms with Gasteiger partial charge < -0.3 is 11.5 Å². The lowest BCUT2D eigenvalue weighted by molar-refractivity contribution is 0.0992. The number of rotatable bonds is 2. The molecule has 0 radical (unpaired) electrons. The first-order valence-corrected chi connectivity index (χ1v) is 5.46. The third-order valence-corrected chi connectivity index (χ3v) is 3.19. The monoisotopic (exact) mass is 238 g/mol. The van der Waals surface area contributed by atoms with E-state index in [1.165, 1.54) is 0 Å². The van der Waals surface area contributed by atoms with Crippen LogP contribution in [0.3, 0.4) is 0 Å². The van der Waals surface area contributed by atoms with E-state index in [2.05, 4.69) is 0 Å². The Hall–Kier alpha value is -2.62. The largest absolute Gasteiger partial charge is 0.366 e. The van der Waals surface area contributed by atoms with Gasteiger partial charge >= 0.3 is 0 Å². The van der Waals surface area contributed by atoms with Crippen LogP contribution in [0, 0.1) is 0 Å². The van der Waals surface area contributed by atoms with Crippen molar-refractivity contribution < 1.29 is 9.59 Å². The lowest BCUT2D eigenvalue weighted by atomic mass is 9.79. The molecule has 4 heteroatoms. The maximum Gasteiger partial charge on any atom is 0.248 e. The van der Waals surface area contributed by atoms with Crippen molar-refractivity contribution in [1.82, 2.24) is 0 Å². The van der Waals surface area contributed by atoms with Gasteiger partial charge in [-0.05, 0) is 46.5 Å². The zero-order valence-corrected chi connectivity index (χ0v) is 9.44. The SMILES string of the molecule is NC(=O)c1ccc2c(c1)-c1ccc(C(N)=O)cc1-2. The minimum Gasteiger partial charge on any atom is -0.366 e. The summed E-state index contributed by atoms with van der Waals surface area (Å²) in [5.41, 5.74) is 15.4. The Morgan fingerprint density at radius 3 is 1.39 bits per heavy atom. The first kappa shape index (κ1) is 10.5. The second kappa shape index (κ2) is 3.43. The zero-order chi connectivity index (χ0) is 12.9. The van der Waals surface area contributed by atoms with E-state index in [0.29, 0.717) is 11.1 Å². The van der Waals surface area contributed by atoms with Gasteiger partial charge in [0.15, 0.2) is 0 Å². The Morgan fingerprint density at radius 1 is 0.667 bits per heavy atom. The standard InChI is InChI=1S/C14H10N2O2/c15-13(17)7-1-3-9-11(5-7)10-4-2-8(14(16)18)6-12(9)10/h1-6H,(H2,15,17)(H2,16,18). The lowest BCUT2D eigenvalue weighted by Crippen LogP contribution is -2.14. The summed E-state index contributed by atoms with van der Waals surface area (Å²) in [6, 6.07) is 10.6. The van der Waals surface area contributed by atoms with Crippen LogP contribution in [-0.4, -0.2) is 11.8 Å². The Bertz CT molecular complexity index is 629. The molecule has 0 aliphatic heterocycles. The molecular formula is C14H10N2O2. The van der Waals surface area contributed by atoms with Crippen molar-refractivity contribution in [3.8, 4) is 22.3 Å². The van der Waals surface area contributed by atoms with E-state index in [4.69, 9.17) is 11.5 Å². The van der Waals surface area contributed by atoms with Crippen LogP contribution >= 0.6 is 0 Å². The molecule has 0 saturated heterocycles. The van der Waals surface area contributed by atoms with Crippen molar-refractivity contribution in [3.63, 3.8) is 0 Å². The highest BCUT2D eigenvalue weighted by Crippen LogP contribution is 2.47. The molecule has 3 rings (SSSR count). The number of amides is 2. The van der Waals surface area contributed by atoms with Gasteiger partial charge in [-0.2, -0.15) is 0 Å². The van der Waals surface area contributed by atoms with E-state index >= 15 is 0 Å². The van der Waals surface area contributed by atoms with Crippen LogP contribution in [0.4, 0.5) is 0 Å². The van der Waals surface area contributed by atoms with Crippen LogP contribution in [0.15, 0.2) is 36.4 Å². The van der Waals surface area contributed by atoms with Crippen molar-refractivity contribution in [2.45, 2.75) is 0 Å². The van der Waals surface area contributed by atoms with Crippen molar-refractivity contribution in [1.29, 1.82) is 0 Å². The second-order valence-corrected chi connectivity index (χ2v) is 4.25. The topological polar surface area (TPSA) is 86.2 Å². The van der Waals surface area contributed by atoms with E-state index in [-0.39, 0.29) is 0 Å². The molecule has 2 aromatic carbocycles. The Kier molecular flexibility index (Phi) is 2.01. The summed E-state index contributed by atoms with van der Waals surface area (Å²) in [7, 11) is 0. The number of nitrogens with two attached hydrogens (primary N) is 2. The van der Waals surface area contributed by atoms with Gasteiger partial charge in [0.2, 0.25) is 11.8 Å². The van der Waals surface area contributed by atoms with E-state index in [1.54, 1.807) is 24.3 Å². The van der Waals surface area contributed by atoms with Gasteiger partial charge in [0, 0.05) is 11.1 Å². The smallest absolute Gasteiger partial charge is 0.248 e. The van der Waals surface area contributed by atoms with E-state index < -0.39 is 11.8 Å². The van der Waals surface area contributed by atoms with Crippen LogP contribution in [0.25, 0.3) is 22.3 Å². The third kappa shape index (κ3) is 1.32. The lowest BCUT2D eigenvalue weighted by Gasteiger charge is -2.24. The highest BCUT2D eigenvalue weighted by Gasteiger charge is 2.23. The van der Waals surface area contributed by atoms with Crippen molar-refractivity contribution in [2.24, 2.45) is 11.5 Å². The molecule has 0 spiro atoms. The summed E-state index contributed by atoms with van der Waals surface area (Å²) in [5.74, 6) is -0.889. The first-order chi connectivity index (χ1) is 8.58. The molecule has 1 aliphatic carbocycles. The molecule has 88 valence electrons. The Morgan fingerprint density at radius 2 is 1.06 bits per heavy atom. The van der Waals surface area contributed by atoms with Crippen molar-refractivity contribution in [2.75, 3.05) is 0 Å². The molecule has 0 aromatic heterocycles. The molecule has 4 nitrogen and oxygen atoms in total. The van der Waals surface area contributed by atoms with Gasteiger partial charge in [0.05, 0.1) is 0 Å². The highest BCUT2D eigenvalue weighted by molar-refractivity contribution is 6.07. The minimum absolute atomic E-state index is 0.444. The number of carbonyl (C=O) groups excluding carboxylic acids is 2. The summed E-state index contributed by atoms with van der Waals surface area (Å²) in [4.78, 5) is 22.2. The fraction of sp³-hybridized carbons (Fsp3) is 0. The molecule has 0 saturated carbocycles. The summed E-state index contributed by atoms with van der Waals surface area (Å²) >= 11 is 0. The predicted molar refractivity (Wildman–Crippen MR) is 67.9 cm³/mol. The molecule has 0 heterocycles. The normalized spacial score (nSPS) is 11.1. The summed E-state index contributed by atoms with van der Waals surface area (Å²) in [6.45, 7) is 0. The average Bonchev–Trinajstić information content (AvgIpc) is 2.34. The van der Waals surface area contributed by atoms with Crippen molar-refractivity contribution in [3.05, 3.63) is 47.5 Å². The molecule has 1 aliphatic rings. The van der Waals surface area contributed by atoms with Gasteiger partial charge in [-0.25, -0.2) is 0 Å². The average molecular weight is 238 g/mol. The number of hydrogen-bond acceptors (Lipinski definition) is 2. The molecule has 2 amide bonds. The van der Waals surface area contributed by atoms with E-state index in [1.807, 2.05) is 12.1 Å². The number of carbonyl (C=O) groups is 2. The second-order valence-electron chi connectivity index (χ2n) is 4.25. The number of benzene rings is 2. The maximum atomic E-state index is 11.1. The highest BCUT2D eigenvalue weighted by atomic mass is 16.1. The quantitative estimate of drug-likeness (QED) is 0.709. The molecule has 0 unspecified atom stereocenters. The van der Waals surface area contributed by atoms with E-state index in [9.17, 15) is 9.59 Å². The number of fused-ring (bicyclic) bond motifs is 4. The van der Waals surface area contributed by atoms with Crippen LogP contribution in [0.2, 0.25) is 0 Å². The van der Waals surface area contributed by atoms with Gasteiger partial charge in [0.25, 0.3) is 0 Å². The van der Waals surface area contributed by atoms with Gasteiger partial charge in [-0.15, -0.1) is 0 Å². The van der Waals surface area contributed by atoms with Gasteiger partial charge in [0.1, 0.15) is 0 Å². The Balaban J connectivity index is 2.11. The summed E-state index contributed by atoms with van der Waals surface area (Å²) < 4.78 is 0. The Labute approximate surface area is 103 Å². The molecule has 0 bridgehead atoms. The maximum absolute atomic E-state index is 11.1. The first-order valence-electron chi connectivity index (χ1n) is 5.46. The predicted octanol–water partition coefficient (Wildman–Crippen LogP) is 1.53. The number of primary amides is 2. The van der Waals surface area contributed by atoms with Crippen molar-refractivity contribution >= 4 is 11.8 Å². The zero-order valence-electron chi connectivity index (χ0n) is 9.44. The molecule has 18 heavy (non-hydrogen) atoms. The van der Waals surface area contributed by atoms with E-state index in [0.717, 1.165) is 22.3 Å². The summed E-state index contributed by atoms with van der Waals surface area (Å²) in [5, 5.41) is 0. The van der Waals surface area contributed by atoms with Crippen LogP contribution in [-0.2, 0) is 0 Å². The molecular weight excluding hydrogens is 228 g/mol. The van der Waals surface area contributed by atoms with Crippen LogP contribution in [0.1, 0.15) is 20.7 Å². The van der Waals surface area contributed by atoms with Crippen LogP contribution in [0.5, 0.6) is 0 Å². The van der Waals surface area contributed by atoms with Crippen LogP contribution < -0.4 is 11.5 Å². The summed E-state index contributed by atoms with van der Waals surface area (Å²) in [6.07, 6.45) is 0. The molecule has 0 fully saturated rings. The number of hydrogen-bond donors (Lipinski definition) is 2. The fourth-order valence-corrected chi connectivity index (χ4v) is 2.25. The fourth-order valence-electron chi connectivity index (χ4n) is 2.25. The van der Waals surface area contributed by atoms with Gasteiger partial charge in [-0.1, -0.05) is 12.1 Å². The minimum atomic E-state index is -0.444. The molecule has 2 aromatic rings. The third-order valence-electron chi connectivity index (χ3n) is 3.19. The molecule has 4 N–H and O–H groups in total.